The molecule has 1 N–H and O–H groups in total. The smallest absolute Gasteiger partial charge is 0.249 e. The fourth-order valence-corrected chi connectivity index (χ4v) is 3.60. The van der Waals surface area contributed by atoms with Crippen molar-refractivity contribution in [3.63, 3.8) is 0 Å². The minimum absolute atomic E-state index is 0.0527. The summed E-state index contributed by atoms with van der Waals surface area (Å²) in [6.07, 6.45) is 3.65. The summed E-state index contributed by atoms with van der Waals surface area (Å²) < 4.78 is 11.0. The number of aromatic nitrogens is 2. The van der Waals surface area contributed by atoms with Crippen molar-refractivity contribution < 1.29 is 14.3 Å². The average molecular weight is 342 g/mol. The van der Waals surface area contributed by atoms with Crippen molar-refractivity contribution in [1.82, 2.24) is 19.8 Å². The van der Waals surface area contributed by atoms with Crippen LogP contribution in [0.5, 0.6) is 5.75 Å². The van der Waals surface area contributed by atoms with Gasteiger partial charge in [-0.05, 0) is 17.7 Å². The van der Waals surface area contributed by atoms with Gasteiger partial charge in [0, 0.05) is 32.0 Å². The van der Waals surface area contributed by atoms with E-state index in [1.54, 1.807) is 13.3 Å². The normalized spacial score (nSPS) is 23.7. The van der Waals surface area contributed by atoms with Crippen LogP contribution in [0, 0.1) is 0 Å². The fourth-order valence-electron chi connectivity index (χ4n) is 3.60. The number of aromatic amines is 1. The summed E-state index contributed by atoms with van der Waals surface area (Å²) in [5.41, 5.74) is 1.10. The molecule has 2 unspecified atom stereocenters. The van der Waals surface area contributed by atoms with Gasteiger partial charge in [0.1, 0.15) is 18.2 Å². The van der Waals surface area contributed by atoms with Gasteiger partial charge in [-0.15, -0.1) is 0 Å². The molecular weight excluding hydrogens is 320 g/mol. The van der Waals surface area contributed by atoms with Crippen molar-refractivity contribution in [3.05, 3.63) is 48.0 Å². The summed E-state index contributed by atoms with van der Waals surface area (Å²) in [5, 5.41) is 0. The maximum atomic E-state index is 12.4. The van der Waals surface area contributed by atoms with Crippen LogP contribution >= 0.6 is 0 Å². The zero-order valence-electron chi connectivity index (χ0n) is 14.2. The van der Waals surface area contributed by atoms with Gasteiger partial charge in [-0.25, -0.2) is 4.98 Å². The molecule has 4 rings (SSSR count). The number of nitrogens with one attached hydrogen (secondary N) is 1. The Morgan fingerprint density at radius 2 is 2.12 bits per heavy atom. The van der Waals surface area contributed by atoms with E-state index in [-0.39, 0.29) is 24.7 Å². The molecule has 1 aromatic heterocycles. The molecule has 3 heterocycles. The second-order valence-corrected chi connectivity index (χ2v) is 6.52. The number of hydrogen-bond acceptors (Lipinski definition) is 5. The zero-order valence-corrected chi connectivity index (χ0v) is 14.2. The second-order valence-electron chi connectivity index (χ2n) is 6.52. The van der Waals surface area contributed by atoms with Crippen molar-refractivity contribution in [3.8, 4) is 5.75 Å². The molecule has 0 saturated carbocycles. The van der Waals surface area contributed by atoms with Crippen molar-refractivity contribution in [2.24, 2.45) is 0 Å². The van der Waals surface area contributed by atoms with Crippen molar-refractivity contribution in [2.75, 3.05) is 26.8 Å². The molecule has 0 bridgehead atoms. The highest BCUT2D eigenvalue weighted by Gasteiger charge is 2.43. The average Bonchev–Trinajstić information content (AvgIpc) is 3.28. The molecule has 7 nitrogen and oxygen atoms in total. The maximum absolute atomic E-state index is 12.4. The molecule has 25 heavy (non-hydrogen) atoms. The third-order valence-corrected chi connectivity index (χ3v) is 4.89. The third-order valence-electron chi connectivity index (χ3n) is 4.89. The lowest BCUT2D eigenvalue weighted by Gasteiger charge is -2.36. The highest BCUT2D eigenvalue weighted by Crippen LogP contribution is 2.26. The van der Waals surface area contributed by atoms with E-state index in [4.69, 9.17) is 9.47 Å². The number of hydrogen-bond donors (Lipinski definition) is 1. The largest absolute Gasteiger partial charge is 0.497 e. The summed E-state index contributed by atoms with van der Waals surface area (Å²) >= 11 is 0. The van der Waals surface area contributed by atoms with E-state index in [9.17, 15) is 4.79 Å². The molecule has 2 aliphatic rings. The Labute approximate surface area is 146 Å². The van der Waals surface area contributed by atoms with Crippen LogP contribution in [0.3, 0.4) is 0 Å². The summed E-state index contributed by atoms with van der Waals surface area (Å²) in [5.74, 6) is 1.81. The predicted octanol–water partition coefficient (Wildman–Crippen LogP) is 1.03. The predicted molar refractivity (Wildman–Crippen MR) is 90.9 cm³/mol. The number of fused-ring (bicyclic) bond motifs is 1. The van der Waals surface area contributed by atoms with E-state index in [1.807, 2.05) is 35.4 Å². The number of likely N-dealkylation sites (tertiary alicyclic amines) is 1. The van der Waals surface area contributed by atoms with Crippen molar-refractivity contribution >= 4 is 5.91 Å². The fraction of sp³-hybridized carbons (Fsp3) is 0.444. The molecule has 2 fully saturated rings. The van der Waals surface area contributed by atoms with Gasteiger partial charge in [0.25, 0.3) is 0 Å². The first-order valence-corrected chi connectivity index (χ1v) is 8.47. The number of carbonyl (C=O) groups is 1. The number of amides is 1. The molecule has 2 aromatic rings. The lowest BCUT2D eigenvalue weighted by molar-refractivity contribution is -0.153. The van der Waals surface area contributed by atoms with Crippen molar-refractivity contribution in [1.29, 1.82) is 0 Å². The van der Waals surface area contributed by atoms with Crippen LogP contribution in [0.4, 0.5) is 0 Å². The maximum Gasteiger partial charge on any atom is 0.249 e. The molecule has 0 radical (unpaired) electrons. The van der Waals surface area contributed by atoms with Crippen LogP contribution in [0.1, 0.15) is 11.4 Å². The highest BCUT2D eigenvalue weighted by atomic mass is 16.5. The van der Waals surface area contributed by atoms with Crippen LogP contribution in [-0.4, -0.2) is 64.6 Å². The number of ether oxygens (including phenoxy) is 2. The monoisotopic (exact) mass is 342 g/mol. The summed E-state index contributed by atoms with van der Waals surface area (Å²) in [4.78, 5) is 24.1. The minimum atomic E-state index is 0.0527. The van der Waals surface area contributed by atoms with E-state index in [0.717, 1.165) is 36.8 Å². The Hall–Kier alpha value is -2.38. The SMILES string of the molecule is COc1ccc(CN2C(=O)COC3CN(Cc4ncc[nH]4)CC32)cc1. The van der Waals surface area contributed by atoms with Gasteiger partial charge >= 0.3 is 0 Å². The van der Waals surface area contributed by atoms with E-state index < -0.39 is 0 Å². The molecule has 132 valence electrons. The van der Waals surface area contributed by atoms with Gasteiger partial charge in [0.2, 0.25) is 5.91 Å². The van der Waals surface area contributed by atoms with Crippen molar-refractivity contribution in [2.45, 2.75) is 25.2 Å². The van der Waals surface area contributed by atoms with Crippen LogP contribution < -0.4 is 4.74 Å². The van der Waals surface area contributed by atoms with E-state index in [1.165, 1.54) is 0 Å². The number of methoxy groups -OCH3 is 1. The number of rotatable bonds is 5. The molecule has 2 saturated heterocycles. The zero-order chi connectivity index (χ0) is 17.2. The Balaban J connectivity index is 1.45. The van der Waals surface area contributed by atoms with Gasteiger partial charge in [0.15, 0.2) is 0 Å². The molecule has 0 aliphatic carbocycles. The van der Waals surface area contributed by atoms with Crippen LogP contribution in [0.25, 0.3) is 0 Å². The highest BCUT2D eigenvalue weighted by molar-refractivity contribution is 5.78. The molecule has 0 spiro atoms. The van der Waals surface area contributed by atoms with Crippen LogP contribution in [0.15, 0.2) is 36.7 Å². The lowest BCUT2D eigenvalue weighted by Crippen LogP contribution is -2.53. The number of morpholine rings is 1. The molecule has 7 heteroatoms. The third kappa shape index (κ3) is 3.38. The lowest BCUT2D eigenvalue weighted by atomic mass is 10.1. The molecule has 1 amide bonds. The van der Waals surface area contributed by atoms with Gasteiger partial charge < -0.3 is 19.4 Å². The summed E-state index contributed by atoms with van der Waals surface area (Å²) in [7, 11) is 1.65. The van der Waals surface area contributed by atoms with Crippen LogP contribution in [-0.2, 0) is 22.6 Å². The van der Waals surface area contributed by atoms with Gasteiger partial charge in [-0.2, -0.15) is 0 Å². The topological polar surface area (TPSA) is 70.7 Å². The molecule has 2 aliphatic heterocycles. The first-order chi connectivity index (χ1) is 12.2. The Kier molecular flexibility index (Phi) is 4.42. The number of H-pyrrole nitrogens is 1. The standard InChI is InChI=1S/C18H22N4O3/c1-24-14-4-2-13(3-5-14)8-22-15-9-21(11-17-19-6-7-20-17)10-16(15)25-12-18(22)23/h2-7,15-16H,8-12H2,1H3,(H,19,20). The summed E-state index contributed by atoms with van der Waals surface area (Å²) in [6.45, 7) is 3.12. The van der Waals surface area contributed by atoms with E-state index >= 15 is 0 Å². The van der Waals surface area contributed by atoms with Gasteiger partial charge in [-0.1, -0.05) is 12.1 Å². The Morgan fingerprint density at radius 1 is 1.28 bits per heavy atom. The van der Waals surface area contributed by atoms with Crippen LogP contribution in [0.2, 0.25) is 0 Å². The van der Waals surface area contributed by atoms with E-state index in [0.29, 0.717) is 6.54 Å². The number of benzene rings is 1. The first kappa shape index (κ1) is 16.1. The number of imidazole rings is 1. The van der Waals surface area contributed by atoms with Gasteiger partial charge in [0.05, 0.1) is 25.8 Å². The van der Waals surface area contributed by atoms with E-state index in [2.05, 4.69) is 14.9 Å². The second kappa shape index (κ2) is 6.85. The number of nitrogens with zero attached hydrogens (tertiary/aromatic N) is 3. The Bertz CT molecular complexity index is 716. The quantitative estimate of drug-likeness (QED) is 0.879. The summed E-state index contributed by atoms with van der Waals surface area (Å²) in [6, 6.07) is 7.95. The first-order valence-electron chi connectivity index (χ1n) is 8.47. The minimum Gasteiger partial charge on any atom is -0.497 e. The van der Waals surface area contributed by atoms with Gasteiger partial charge in [-0.3, -0.25) is 9.69 Å². The number of carbonyl (C=O) groups excluding carboxylic acids is 1. The molecular formula is C18H22N4O3. The molecule has 1 aromatic carbocycles. The molecule has 2 atom stereocenters. The Morgan fingerprint density at radius 3 is 2.84 bits per heavy atom.